The highest BCUT2D eigenvalue weighted by molar-refractivity contribution is 5.83. The smallest absolute Gasteiger partial charge is 0.333 e. The third kappa shape index (κ3) is 3.95. The second-order valence-corrected chi connectivity index (χ2v) is 2.94. The minimum Gasteiger partial charge on any atom is -0.417 e. The van der Waals surface area contributed by atoms with E-state index in [0.29, 0.717) is 0 Å². The number of esters is 2. The van der Waals surface area contributed by atoms with Crippen molar-refractivity contribution in [2.75, 3.05) is 0 Å². The highest BCUT2D eigenvalue weighted by Crippen LogP contribution is 2.18. The Balaban J connectivity index is 4.73. The lowest BCUT2D eigenvalue weighted by Gasteiger charge is -2.30. The zero-order chi connectivity index (χ0) is 12.1. The number of carbonyl (C=O) groups is 2. The summed E-state index contributed by atoms with van der Waals surface area (Å²) in [5, 5.41) is 9.34. The molecule has 0 aromatic heterocycles. The number of aliphatic hydroxyl groups excluding tert-OH is 1. The molecule has 0 aromatic carbocycles. The molecule has 0 saturated heterocycles. The lowest BCUT2D eigenvalue weighted by Crippen LogP contribution is -2.45. The van der Waals surface area contributed by atoms with Gasteiger partial charge in [-0.2, -0.15) is 0 Å². The maximum atomic E-state index is 10.9. The number of aliphatic hydroxyl groups is 1. The minimum absolute atomic E-state index is 0.796. The largest absolute Gasteiger partial charge is 0.417 e. The van der Waals surface area contributed by atoms with Crippen molar-refractivity contribution in [3.8, 4) is 0 Å². The van der Waals surface area contributed by atoms with Crippen LogP contribution in [0.2, 0.25) is 0 Å². The molecule has 0 radical (unpaired) electrons. The van der Waals surface area contributed by atoms with Crippen molar-refractivity contribution >= 4 is 11.9 Å². The van der Waals surface area contributed by atoms with Crippen LogP contribution in [0, 0.1) is 0 Å². The molecule has 5 nitrogen and oxygen atoms in total. The minimum atomic E-state index is -1.74. The Hall–Kier alpha value is -1.62. The maximum absolute atomic E-state index is 10.9. The maximum Gasteiger partial charge on any atom is 0.333 e. The molecule has 1 atom stereocenters. The molecule has 0 aromatic rings. The van der Waals surface area contributed by atoms with Crippen molar-refractivity contribution in [1.82, 2.24) is 0 Å². The van der Waals surface area contributed by atoms with Crippen LogP contribution in [0.5, 0.6) is 0 Å². The fourth-order valence-corrected chi connectivity index (χ4v) is 0.674. The molecule has 15 heavy (non-hydrogen) atoms. The fraction of sp³-hybridized carbons (Fsp3) is 0.400. The summed E-state index contributed by atoms with van der Waals surface area (Å²) in [6, 6.07) is 0. The molecule has 0 heterocycles. The first-order valence-electron chi connectivity index (χ1n) is 4.24. The van der Waals surface area contributed by atoms with Crippen molar-refractivity contribution in [1.29, 1.82) is 0 Å². The Morgan fingerprint density at radius 2 is 1.60 bits per heavy atom. The van der Waals surface area contributed by atoms with Crippen LogP contribution in [-0.4, -0.2) is 28.9 Å². The number of ether oxygens (including phenoxy) is 2. The first kappa shape index (κ1) is 13.4. The fourth-order valence-electron chi connectivity index (χ4n) is 0.674. The van der Waals surface area contributed by atoms with Gasteiger partial charge >= 0.3 is 11.9 Å². The zero-order valence-corrected chi connectivity index (χ0v) is 8.73. The van der Waals surface area contributed by atoms with Gasteiger partial charge in [-0.05, 0) is 6.92 Å². The summed E-state index contributed by atoms with van der Waals surface area (Å²) in [6.07, 6.45) is 0.635. The molecule has 0 fully saturated rings. The van der Waals surface area contributed by atoms with E-state index in [9.17, 15) is 14.7 Å². The summed E-state index contributed by atoms with van der Waals surface area (Å²) in [5.74, 6) is -3.33. The van der Waals surface area contributed by atoms with Crippen LogP contribution in [0.15, 0.2) is 25.3 Å². The van der Waals surface area contributed by atoms with Gasteiger partial charge in [-0.15, -0.1) is 0 Å². The van der Waals surface area contributed by atoms with E-state index < -0.39 is 23.8 Å². The molecule has 0 aliphatic carbocycles. The summed E-state index contributed by atoms with van der Waals surface area (Å²) in [7, 11) is 0. The van der Waals surface area contributed by atoms with Gasteiger partial charge in [0.05, 0.1) is 0 Å². The van der Waals surface area contributed by atoms with E-state index in [4.69, 9.17) is 9.47 Å². The predicted octanol–water partition coefficient (Wildman–Crippen LogP) is 0.542. The van der Waals surface area contributed by atoms with Gasteiger partial charge in [-0.25, -0.2) is 9.59 Å². The van der Waals surface area contributed by atoms with Gasteiger partial charge in [-0.3, -0.25) is 0 Å². The third-order valence-electron chi connectivity index (χ3n) is 1.70. The molecule has 0 spiro atoms. The molecule has 0 aliphatic heterocycles. The normalized spacial score (nSPS) is 12.5. The molecule has 5 heteroatoms. The monoisotopic (exact) mass is 214 g/mol. The molecule has 1 N–H and O–H groups in total. The van der Waals surface area contributed by atoms with Gasteiger partial charge in [0.1, 0.15) is 6.10 Å². The molecule has 84 valence electrons. The highest BCUT2D eigenvalue weighted by Gasteiger charge is 2.37. The van der Waals surface area contributed by atoms with E-state index in [1.807, 2.05) is 0 Å². The molecular weight excluding hydrogens is 200 g/mol. The van der Waals surface area contributed by atoms with Crippen LogP contribution in [0.4, 0.5) is 0 Å². The average Bonchev–Trinajstić information content (AvgIpc) is 2.16. The van der Waals surface area contributed by atoms with Crippen molar-refractivity contribution in [2.45, 2.75) is 25.7 Å². The van der Waals surface area contributed by atoms with Gasteiger partial charge < -0.3 is 14.6 Å². The van der Waals surface area contributed by atoms with E-state index in [2.05, 4.69) is 13.2 Å². The number of rotatable bonds is 5. The standard InChI is InChI=1S/C10H14O5/c1-5-8(12)14-10(4,7(3)11)15-9(13)6-2/h5-7,11H,1-2H2,3-4H3. The summed E-state index contributed by atoms with van der Waals surface area (Å²) >= 11 is 0. The average molecular weight is 214 g/mol. The summed E-state index contributed by atoms with van der Waals surface area (Å²) in [4.78, 5) is 21.9. The quantitative estimate of drug-likeness (QED) is 0.411. The van der Waals surface area contributed by atoms with E-state index in [1.54, 1.807) is 0 Å². The third-order valence-corrected chi connectivity index (χ3v) is 1.70. The lowest BCUT2D eigenvalue weighted by atomic mass is 10.2. The zero-order valence-electron chi connectivity index (χ0n) is 8.73. The van der Waals surface area contributed by atoms with Crippen molar-refractivity contribution in [3.63, 3.8) is 0 Å². The summed E-state index contributed by atoms with van der Waals surface area (Å²) in [6.45, 7) is 8.96. The first-order chi connectivity index (χ1) is 6.85. The second-order valence-electron chi connectivity index (χ2n) is 2.94. The topological polar surface area (TPSA) is 72.8 Å². The van der Waals surface area contributed by atoms with Gasteiger partial charge in [0.15, 0.2) is 0 Å². The second kappa shape index (κ2) is 5.31. The molecule has 0 amide bonds. The van der Waals surface area contributed by atoms with Crippen LogP contribution in [-0.2, 0) is 19.1 Å². The predicted molar refractivity (Wildman–Crippen MR) is 52.7 cm³/mol. The van der Waals surface area contributed by atoms with Crippen molar-refractivity contribution in [2.24, 2.45) is 0 Å². The highest BCUT2D eigenvalue weighted by atomic mass is 16.7. The van der Waals surface area contributed by atoms with Gasteiger partial charge in [0.2, 0.25) is 0 Å². The molecule has 0 saturated carbocycles. The Morgan fingerprint density at radius 1 is 1.27 bits per heavy atom. The van der Waals surface area contributed by atoms with Crippen molar-refractivity contribution in [3.05, 3.63) is 25.3 Å². The van der Waals surface area contributed by atoms with Crippen molar-refractivity contribution < 1.29 is 24.2 Å². The Kier molecular flexibility index (Phi) is 4.73. The summed E-state index contributed by atoms with van der Waals surface area (Å²) < 4.78 is 9.45. The van der Waals surface area contributed by atoms with E-state index in [-0.39, 0.29) is 0 Å². The number of carbonyl (C=O) groups excluding carboxylic acids is 2. The van der Waals surface area contributed by atoms with E-state index in [0.717, 1.165) is 12.2 Å². The molecular formula is C10H14O5. The van der Waals surface area contributed by atoms with Crippen LogP contribution < -0.4 is 0 Å². The van der Waals surface area contributed by atoms with Crippen LogP contribution in [0.3, 0.4) is 0 Å². The Morgan fingerprint density at radius 3 is 1.80 bits per heavy atom. The molecule has 1 unspecified atom stereocenters. The van der Waals surface area contributed by atoms with E-state index in [1.165, 1.54) is 13.8 Å². The number of hydrogen-bond acceptors (Lipinski definition) is 5. The van der Waals surface area contributed by atoms with Crippen LogP contribution in [0.1, 0.15) is 13.8 Å². The lowest BCUT2D eigenvalue weighted by molar-refractivity contribution is -0.244. The van der Waals surface area contributed by atoms with Gasteiger partial charge in [0.25, 0.3) is 5.79 Å². The van der Waals surface area contributed by atoms with Gasteiger partial charge in [0, 0.05) is 19.1 Å². The first-order valence-corrected chi connectivity index (χ1v) is 4.24. The molecule has 0 aliphatic rings. The van der Waals surface area contributed by atoms with Gasteiger partial charge in [-0.1, -0.05) is 13.2 Å². The Bertz CT molecular complexity index is 258. The van der Waals surface area contributed by atoms with Crippen LogP contribution >= 0.6 is 0 Å². The van der Waals surface area contributed by atoms with Crippen LogP contribution in [0.25, 0.3) is 0 Å². The van der Waals surface area contributed by atoms with E-state index >= 15 is 0 Å². The number of hydrogen-bond donors (Lipinski definition) is 1. The SMILES string of the molecule is C=CC(=O)OC(C)(OC(=O)C=C)C(C)O. The Labute approximate surface area is 88.0 Å². The summed E-state index contributed by atoms with van der Waals surface area (Å²) in [5.41, 5.74) is 0. The molecule has 0 bridgehead atoms. The molecule has 0 rings (SSSR count).